The molecule has 0 saturated carbocycles. The lowest BCUT2D eigenvalue weighted by atomic mass is 9.50. The predicted molar refractivity (Wildman–Crippen MR) is 126 cm³/mol. The summed E-state index contributed by atoms with van der Waals surface area (Å²) < 4.78 is 21.6. The fourth-order valence-corrected chi connectivity index (χ4v) is 6.47. The van der Waals surface area contributed by atoms with Crippen molar-refractivity contribution in [3.8, 4) is 11.5 Å². The fraction of sp³-hybridized carbons (Fsp3) is 0.538. The van der Waals surface area contributed by atoms with Gasteiger partial charge >= 0.3 is 23.9 Å². The zero-order valence-electron chi connectivity index (χ0n) is 21.1. The van der Waals surface area contributed by atoms with Crippen LogP contribution < -0.4 is 4.74 Å². The third kappa shape index (κ3) is 3.73. The number of aliphatic carboxylic acids is 1. The van der Waals surface area contributed by atoms with Crippen LogP contribution in [0.25, 0.3) is 0 Å². The van der Waals surface area contributed by atoms with E-state index in [0.717, 1.165) is 18.1 Å². The van der Waals surface area contributed by atoms with Crippen LogP contribution in [0, 0.1) is 0 Å². The summed E-state index contributed by atoms with van der Waals surface area (Å²) in [5.74, 6) is -4.14. The number of hydrogen-bond donors (Lipinski definition) is 3. The van der Waals surface area contributed by atoms with Gasteiger partial charge in [-0.25, -0.2) is 9.59 Å². The van der Waals surface area contributed by atoms with Gasteiger partial charge in [-0.2, -0.15) is 0 Å². The molecule has 1 aromatic rings. The van der Waals surface area contributed by atoms with Crippen molar-refractivity contribution >= 4 is 23.9 Å². The number of hydrogen-bond acceptors (Lipinski definition) is 11. The standard InChI is InChI=1S/C26H29NO11/c1-12(35-24(33)17(11-19(30)31)36-13(2)28)23(32)37-16-6-7-26(34)18-10-14-4-5-15(29)21-20(14)25(26,22(16)38-21)8-9-27(18)3/h4-6,12,17-18,22,29,34H,7-11H2,1-3H3,(H,30,31)/t12-,17-,18-,22-,25-,26+/m0/s1. The molecule has 1 spiro atoms. The number of benzene rings is 1. The average molecular weight is 532 g/mol. The maximum atomic E-state index is 13.0. The number of ether oxygens (including phenoxy) is 4. The van der Waals surface area contributed by atoms with Crippen LogP contribution in [0.15, 0.2) is 24.0 Å². The van der Waals surface area contributed by atoms with Gasteiger partial charge < -0.3 is 39.2 Å². The first-order valence-corrected chi connectivity index (χ1v) is 12.3. The lowest BCUT2D eigenvalue weighted by Gasteiger charge is -2.61. The Bertz CT molecular complexity index is 1240. The van der Waals surface area contributed by atoms with Crippen molar-refractivity contribution in [3.05, 3.63) is 35.1 Å². The Labute approximate surface area is 217 Å². The highest BCUT2D eigenvalue weighted by Gasteiger charge is 2.72. The Morgan fingerprint density at radius 2 is 1.95 bits per heavy atom. The van der Waals surface area contributed by atoms with Gasteiger partial charge in [-0.3, -0.25) is 9.59 Å². The second kappa shape index (κ2) is 8.98. The normalized spacial score (nSPS) is 30.2. The van der Waals surface area contributed by atoms with Crippen LogP contribution >= 0.6 is 0 Å². The summed E-state index contributed by atoms with van der Waals surface area (Å²) >= 11 is 0. The summed E-state index contributed by atoms with van der Waals surface area (Å²) in [7, 11) is 1.95. The molecule has 2 aliphatic carbocycles. The van der Waals surface area contributed by atoms with Crippen LogP contribution in [0.5, 0.6) is 11.5 Å². The number of esters is 3. The average Bonchev–Trinajstić information content (AvgIpc) is 3.19. The SMILES string of the molecule is CC(=O)O[C@@H](CC(=O)O)C(=O)O[C@@H](C)C(=O)OC1=CC[C@@]2(O)[C@@H]3Cc4ccc(O)c5c4[C@@]2(CCN3C)[C@H]1O5. The minimum absolute atomic E-state index is 0.0739. The van der Waals surface area contributed by atoms with Gasteiger partial charge in [0.2, 0.25) is 6.10 Å². The number of rotatable bonds is 7. The Morgan fingerprint density at radius 3 is 2.63 bits per heavy atom. The van der Waals surface area contributed by atoms with Gasteiger partial charge in [0.1, 0.15) is 5.76 Å². The number of carboxylic acids is 1. The van der Waals surface area contributed by atoms with Crippen molar-refractivity contribution in [1.29, 1.82) is 0 Å². The lowest BCUT2D eigenvalue weighted by molar-refractivity contribution is -0.181. The van der Waals surface area contributed by atoms with Crippen molar-refractivity contribution in [2.24, 2.45) is 0 Å². The minimum atomic E-state index is -1.73. The Balaban J connectivity index is 1.40. The molecule has 12 heteroatoms. The quantitative estimate of drug-likeness (QED) is 0.330. The number of aromatic hydroxyl groups is 1. The summed E-state index contributed by atoms with van der Waals surface area (Å²) in [6, 6.07) is 3.16. The van der Waals surface area contributed by atoms with Gasteiger partial charge in [0, 0.05) is 24.9 Å². The van der Waals surface area contributed by atoms with Crippen LogP contribution in [-0.4, -0.2) is 87.6 Å². The molecular weight excluding hydrogens is 502 g/mol. The molecule has 1 fully saturated rings. The van der Waals surface area contributed by atoms with Crippen LogP contribution in [0.4, 0.5) is 0 Å². The molecule has 38 heavy (non-hydrogen) atoms. The van der Waals surface area contributed by atoms with Gasteiger partial charge in [-0.15, -0.1) is 0 Å². The molecule has 4 aliphatic rings. The van der Waals surface area contributed by atoms with Crippen molar-refractivity contribution in [2.45, 2.75) is 74.9 Å². The molecule has 5 rings (SSSR count). The first kappa shape index (κ1) is 26.0. The van der Waals surface area contributed by atoms with Crippen LogP contribution in [0.1, 0.15) is 44.2 Å². The third-order valence-electron chi connectivity index (χ3n) is 8.13. The molecule has 6 atom stereocenters. The number of carboxylic acid groups (broad SMARTS) is 1. The molecule has 2 heterocycles. The molecule has 0 amide bonds. The highest BCUT2D eigenvalue weighted by molar-refractivity contribution is 5.86. The van der Waals surface area contributed by atoms with E-state index < -0.39 is 59.6 Å². The number of piperidine rings is 1. The maximum Gasteiger partial charge on any atom is 0.352 e. The number of phenols is 1. The van der Waals surface area contributed by atoms with E-state index in [1.807, 2.05) is 13.1 Å². The largest absolute Gasteiger partial charge is 0.504 e. The van der Waals surface area contributed by atoms with Crippen molar-refractivity contribution in [1.82, 2.24) is 4.90 Å². The number of likely N-dealkylation sites (N-methyl/N-ethyl adjacent to an activating group) is 1. The van der Waals surface area contributed by atoms with E-state index in [1.54, 1.807) is 12.1 Å². The van der Waals surface area contributed by atoms with Gasteiger partial charge in [0.15, 0.2) is 23.7 Å². The fourth-order valence-electron chi connectivity index (χ4n) is 6.47. The van der Waals surface area contributed by atoms with Gasteiger partial charge in [0.05, 0.1) is 17.4 Å². The Hall–Kier alpha value is -3.64. The molecule has 1 aromatic carbocycles. The number of likely N-dealkylation sites (tertiary alicyclic amines) is 1. The van der Waals surface area contributed by atoms with Gasteiger partial charge in [-0.05, 0) is 51.1 Å². The summed E-state index contributed by atoms with van der Waals surface area (Å²) in [6.45, 7) is 2.90. The van der Waals surface area contributed by atoms with Crippen LogP contribution in [0.3, 0.4) is 0 Å². The molecule has 204 valence electrons. The van der Waals surface area contributed by atoms with E-state index in [4.69, 9.17) is 24.1 Å². The maximum absolute atomic E-state index is 13.0. The summed E-state index contributed by atoms with van der Waals surface area (Å²) in [5, 5.41) is 31.7. The smallest absolute Gasteiger partial charge is 0.352 e. The summed E-state index contributed by atoms with van der Waals surface area (Å²) in [4.78, 5) is 49.8. The molecule has 0 aromatic heterocycles. The number of nitrogens with zero attached hydrogens (tertiary/aromatic N) is 1. The van der Waals surface area contributed by atoms with E-state index in [9.17, 15) is 29.4 Å². The summed E-state index contributed by atoms with van der Waals surface area (Å²) in [6.07, 6.45) is -2.13. The van der Waals surface area contributed by atoms with Gasteiger partial charge in [0.25, 0.3) is 0 Å². The summed E-state index contributed by atoms with van der Waals surface area (Å²) in [5.41, 5.74) is -0.517. The van der Waals surface area contributed by atoms with E-state index in [2.05, 4.69) is 4.90 Å². The molecule has 0 unspecified atom stereocenters. The Morgan fingerprint density at radius 1 is 1.21 bits per heavy atom. The number of phenolic OH excluding ortho intramolecular Hbond substituents is 1. The first-order chi connectivity index (χ1) is 17.9. The first-order valence-electron chi connectivity index (χ1n) is 12.3. The zero-order chi connectivity index (χ0) is 27.6. The second-order valence-electron chi connectivity index (χ2n) is 10.3. The van der Waals surface area contributed by atoms with Crippen LogP contribution in [0.2, 0.25) is 0 Å². The minimum Gasteiger partial charge on any atom is -0.504 e. The highest BCUT2D eigenvalue weighted by Crippen LogP contribution is 2.65. The van der Waals surface area contributed by atoms with Crippen LogP contribution in [-0.2, 0) is 45.2 Å². The molecule has 1 saturated heterocycles. The second-order valence-corrected chi connectivity index (χ2v) is 10.3. The van der Waals surface area contributed by atoms with E-state index in [0.29, 0.717) is 19.4 Å². The van der Waals surface area contributed by atoms with Gasteiger partial charge in [-0.1, -0.05) is 6.07 Å². The third-order valence-corrected chi connectivity index (χ3v) is 8.13. The topological polar surface area (TPSA) is 169 Å². The number of carbonyl (C=O) groups is 4. The van der Waals surface area contributed by atoms with E-state index >= 15 is 0 Å². The predicted octanol–water partition coefficient (Wildman–Crippen LogP) is 0.551. The molecular formula is C26H29NO11. The molecule has 2 bridgehead atoms. The number of aliphatic hydroxyl groups is 1. The van der Waals surface area contributed by atoms with E-state index in [-0.39, 0.29) is 29.7 Å². The Kier molecular flexibility index (Phi) is 6.14. The molecule has 3 N–H and O–H groups in total. The highest BCUT2D eigenvalue weighted by atomic mass is 16.6. The molecule has 2 aliphatic heterocycles. The van der Waals surface area contributed by atoms with Crippen molar-refractivity contribution < 1.29 is 53.4 Å². The monoisotopic (exact) mass is 531 g/mol. The molecule has 12 nitrogen and oxygen atoms in total. The zero-order valence-corrected chi connectivity index (χ0v) is 21.1. The van der Waals surface area contributed by atoms with E-state index in [1.165, 1.54) is 6.92 Å². The lowest BCUT2D eigenvalue weighted by Crippen LogP contribution is -2.74. The van der Waals surface area contributed by atoms with Crippen molar-refractivity contribution in [3.63, 3.8) is 0 Å². The number of carbonyl (C=O) groups excluding carboxylic acids is 3. The van der Waals surface area contributed by atoms with Crippen molar-refractivity contribution in [2.75, 3.05) is 13.6 Å². The molecule has 0 radical (unpaired) electrons.